The molecule has 1 rings (SSSR count). The summed E-state index contributed by atoms with van der Waals surface area (Å²) in [7, 11) is 0. The molecule has 0 amide bonds. The van der Waals surface area contributed by atoms with Crippen LogP contribution in [0.25, 0.3) is 0 Å². The number of hydrogen-bond acceptors (Lipinski definition) is 3. The maximum atomic E-state index is 12.8. The molecular formula is C11H11BrClF2NO2. The summed E-state index contributed by atoms with van der Waals surface area (Å²) in [4.78, 5) is 15.3. The average Bonchev–Trinajstić information content (AvgIpc) is 2.28. The Morgan fingerprint density at radius 2 is 2.28 bits per heavy atom. The monoisotopic (exact) mass is 341 g/mol. The van der Waals surface area contributed by atoms with Crippen molar-refractivity contribution in [3.8, 4) is 0 Å². The van der Waals surface area contributed by atoms with Crippen LogP contribution in [0.2, 0.25) is 5.15 Å². The van der Waals surface area contributed by atoms with Crippen LogP contribution in [-0.2, 0) is 21.3 Å². The first kappa shape index (κ1) is 15.3. The van der Waals surface area contributed by atoms with Gasteiger partial charge in [0.2, 0.25) is 0 Å². The van der Waals surface area contributed by atoms with E-state index >= 15 is 0 Å². The van der Waals surface area contributed by atoms with E-state index in [0.29, 0.717) is 0 Å². The van der Waals surface area contributed by atoms with E-state index in [4.69, 9.17) is 16.3 Å². The van der Waals surface area contributed by atoms with Crippen LogP contribution >= 0.6 is 27.5 Å². The molecule has 1 heterocycles. The van der Waals surface area contributed by atoms with E-state index in [1.54, 1.807) is 6.92 Å². The number of nitrogens with zero attached hydrogens (tertiary/aromatic N) is 1. The van der Waals surface area contributed by atoms with Crippen LogP contribution in [-0.4, -0.2) is 17.6 Å². The smallest absolute Gasteiger partial charge is 0.311 e. The lowest BCUT2D eigenvalue weighted by Gasteiger charge is -2.12. The second kappa shape index (κ2) is 6.99. The predicted octanol–water partition coefficient (Wildman–Crippen LogP) is 3.67. The number of ether oxygens (including phenoxy) is 1. The molecular weight excluding hydrogens is 331 g/mol. The van der Waals surface area contributed by atoms with Crippen molar-refractivity contribution in [2.24, 2.45) is 0 Å². The van der Waals surface area contributed by atoms with Gasteiger partial charge in [0.25, 0.3) is 6.43 Å². The molecule has 1 aromatic heterocycles. The van der Waals surface area contributed by atoms with Gasteiger partial charge in [-0.15, -0.1) is 0 Å². The van der Waals surface area contributed by atoms with Gasteiger partial charge in [-0.3, -0.25) is 4.79 Å². The molecule has 0 spiro atoms. The first-order valence-electron chi connectivity index (χ1n) is 5.17. The summed E-state index contributed by atoms with van der Waals surface area (Å²) in [5.41, 5.74) is 0.279. The molecule has 3 nitrogen and oxygen atoms in total. The van der Waals surface area contributed by atoms with Crippen LogP contribution in [0.5, 0.6) is 0 Å². The largest absolute Gasteiger partial charge is 0.466 e. The van der Waals surface area contributed by atoms with E-state index in [0.717, 1.165) is 6.07 Å². The lowest BCUT2D eigenvalue weighted by atomic mass is 10.1. The van der Waals surface area contributed by atoms with Crippen LogP contribution in [0.4, 0.5) is 8.78 Å². The van der Waals surface area contributed by atoms with Gasteiger partial charge in [-0.05, 0) is 18.6 Å². The summed E-state index contributed by atoms with van der Waals surface area (Å²) in [6, 6.07) is 1.11. The van der Waals surface area contributed by atoms with E-state index in [9.17, 15) is 13.6 Å². The fourth-order valence-electron chi connectivity index (χ4n) is 1.45. The normalized spacial score (nSPS) is 10.8. The highest BCUT2D eigenvalue weighted by atomic mass is 79.9. The number of alkyl halides is 3. The number of esters is 1. The molecule has 0 saturated heterocycles. The molecule has 0 atom stereocenters. The average molecular weight is 343 g/mol. The van der Waals surface area contributed by atoms with Gasteiger partial charge in [0.1, 0.15) is 5.15 Å². The summed E-state index contributed by atoms with van der Waals surface area (Å²) in [6.45, 7) is 1.89. The van der Waals surface area contributed by atoms with Gasteiger partial charge in [-0.1, -0.05) is 27.5 Å². The SMILES string of the molecule is CCOC(=O)Cc1nc(Cl)cc(C(F)F)c1CBr. The summed E-state index contributed by atoms with van der Waals surface area (Å²) in [5, 5.41) is 0.111. The van der Waals surface area contributed by atoms with Crippen molar-refractivity contribution in [1.82, 2.24) is 4.98 Å². The molecule has 0 aromatic carbocycles. The van der Waals surface area contributed by atoms with Gasteiger partial charge in [0.05, 0.1) is 18.7 Å². The zero-order valence-electron chi connectivity index (χ0n) is 9.55. The van der Waals surface area contributed by atoms with Crippen LogP contribution in [0, 0.1) is 0 Å². The minimum absolute atomic E-state index is 0.0608. The molecule has 0 bridgehead atoms. The Kier molecular flexibility index (Phi) is 5.95. The van der Waals surface area contributed by atoms with E-state index in [1.807, 2.05) is 0 Å². The maximum absolute atomic E-state index is 12.8. The van der Waals surface area contributed by atoms with E-state index < -0.39 is 12.4 Å². The predicted molar refractivity (Wildman–Crippen MR) is 67.2 cm³/mol. The second-order valence-electron chi connectivity index (χ2n) is 3.38. The molecule has 0 radical (unpaired) electrons. The second-order valence-corrected chi connectivity index (χ2v) is 4.32. The van der Waals surface area contributed by atoms with Gasteiger partial charge in [-0.25, -0.2) is 13.8 Å². The third-order valence-corrected chi connectivity index (χ3v) is 2.95. The molecule has 100 valence electrons. The van der Waals surface area contributed by atoms with E-state index in [2.05, 4.69) is 20.9 Å². The first-order valence-corrected chi connectivity index (χ1v) is 6.67. The number of halogens is 4. The van der Waals surface area contributed by atoms with Crippen molar-refractivity contribution >= 4 is 33.5 Å². The van der Waals surface area contributed by atoms with Crippen molar-refractivity contribution in [1.29, 1.82) is 0 Å². The number of hydrogen-bond donors (Lipinski definition) is 0. The van der Waals surface area contributed by atoms with Crippen molar-refractivity contribution < 1.29 is 18.3 Å². The standard InChI is InChI=1S/C11H11BrClF2NO2/c1-2-18-10(17)4-8-7(5-12)6(11(14)15)3-9(13)16-8/h3,11H,2,4-5H2,1H3. The van der Waals surface area contributed by atoms with Crippen LogP contribution in [0.15, 0.2) is 6.07 Å². The lowest BCUT2D eigenvalue weighted by Crippen LogP contribution is -2.12. The summed E-state index contributed by atoms with van der Waals surface area (Å²) in [6.07, 6.45) is -2.84. The molecule has 0 aliphatic carbocycles. The van der Waals surface area contributed by atoms with Gasteiger partial charge >= 0.3 is 5.97 Å². The maximum Gasteiger partial charge on any atom is 0.311 e. The van der Waals surface area contributed by atoms with Crippen LogP contribution in [0.1, 0.15) is 30.2 Å². The van der Waals surface area contributed by atoms with Gasteiger partial charge in [0, 0.05) is 10.9 Å². The highest BCUT2D eigenvalue weighted by Gasteiger charge is 2.20. The van der Waals surface area contributed by atoms with Crippen molar-refractivity contribution in [3.05, 3.63) is 28.0 Å². The Labute approximate surface area is 117 Å². The van der Waals surface area contributed by atoms with E-state index in [-0.39, 0.29) is 40.3 Å². The molecule has 1 aromatic rings. The van der Waals surface area contributed by atoms with Crippen LogP contribution < -0.4 is 0 Å². The quantitative estimate of drug-likeness (QED) is 0.465. The number of rotatable bonds is 5. The van der Waals surface area contributed by atoms with Crippen LogP contribution in [0.3, 0.4) is 0 Å². The lowest BCUT2D eigenvalue weighted by molar-refractivity contribution is -0.142. The van der Waals surface area contributed by atoms with E-state index in [1.165, 1.54) is 0 Å². The zero-order chi connectivity index (χ0) is 13.7. The third-order valence-electron chi connectivity index (χ3n) is 2.20. The Bertz CT molecular complexity index is 443. The number of pyridine rings is 1. The molecule has 0 saturated carbocycles. The third kappa shape index (κ3) is 3.88. The molecule has 0 aliphatic rings. The minimum atomic E-state index is -2.67. The highest BCUT2D eigenvalue weighted by Crippen LogP contribution is 2.29. The van der Waals surface area contributed by atoms with Crippen molar-refractivity contribution in [3.63, 3.8) is 0 Å². The molecule has 0 aliphatic heterocycles. The Morgan fingerprint density at radius 3 is 2.78 bits per heavy atom. The van der Waals surface area contributed by atoms with Crippen molar-refractivity contribution in [2.75, 3.05) is 6.61 Å². The first-order chi connectivity index (χ1) is 8.49. The molecule has 0 unspecified atom stereocenters. The topological polar surface area (TPSA) is 39.2 Å². The Morgan fingerprint density at radius 1 is 1.61 bits per heavy atom. The summed E-state index contributed by atoms with van der Waals surface area (Å²) in [5.74, 6) is -0.519. The number of aromatic nitrogens is 1. The van der Waals surface area contributed by atoms with Gasteiger partial charge in [-0.2, -0.15) is 0 Å². The summed E-state index contributed by atoms with van der Waals surface area (Å²) >= 11 is 8.78. The number of carbonyl (C=O) groups excluding carboxylic acids is 1. The zero-order valence-corrected chi connectivity index (χ0v) is 11.9. The Hall–Kier alpha value is -0.750. The van der Waals surface area contributed by atoms with Crippen molar-refractivity contribution in [2.45, 2.75) is 25.1 Å². The Balaban J connectivity index is 3.13. The molecule has 0 N–H and O–H groups in total. The summed E-state index contributed by atoms with van der Waals surface area (Å²) < 4.78 is 30.4. The molecule has 7 heteroatoms. The fraction of sp³-hybridized carbons (Fsp3) is 0.455. The van der Waals surface area contributed by atoms with Gasteiger partial charge < -0.3 is 4.74 Å². The van der Waals surface area contributed by atoms with Gasteiger partial charge in [0.15, 0.2) is 0 Å². The molecule has 18 heavy (non-hydrogen) atoms. The fourth-order valence-corrected chi connectivity index (χ4v) is 2.32. The molecule has 0 fully saturated rings. The number of carbonyl (C=O) groups is 1. The highest BCUT2D eigenvalue weighted by molar-refractivity contribution is 9.08. The minimum Gasteiger partial charge on any atom is -0.466 e.